The minimum atomic E-state index is -1.28. The van der Waals surface area contributed by atoms with Crippen molar-refractivity contribution in [2.24, 2.45) is 0 Å². The summed E-state index contributed by atoms with van der Waals surface area (Å²) in [6, 6.07) is 14.3. The van der Waals surface area contributed by atoms with Gasteiger partial charge in [0.25, 0.3) is 11.5 Å². The summed E-state index contributed by atoms with van der Waals surface area (Å²) in [5, 5.41) is 13.7. The minimum absolute atomic E-state index is 0.0448. The lowest BCUT2D eigenvalue weighted by molar-refractivity contribution is -0.255. The Kier molecular flexibility index (Phi) is 6.08. The van der Waals surface area contributed by atoms with Crippen molar-refractivity contribution >= 4 is 46.6 Å². The summed E-state index contributed by atoms with van der Waals surface area (Å²) in [5.41, 5.74) is 1.26. The van der Waals surface area contributed by atoms with Gasteiger partial charge < -0.3 is 20.2 Å². The number of carboxylic acids is 1. The predicted octanol–water partition coefficient (Wildman–Crippen LogP) is 3.13. The van der Waals surface area contributed by atoms with Gasteiger partial charge >= 0.3 is 0 Å². The van der Waals surface area contributed by atoms with Crippen molar-refractivity contribution in [2.75, 3.05) is 0 Å². The number of nitrogens with zero attached hydrogens (tertiary/aromatic N) is 1. The second-order valence-electron chi connectivity index (χ2n) is 7.10. The number of fused-ring (bicyclic) bond motifs is 1. The summed E-state index contributed by atoms with van der Waals surface area (Å²) in [6.07, 6.45) is 0. The van der Waals surface area contributed by atoms with Crippen LogP contribution < -0.4 is 16.0 Å². The van der Waals surface area contributed by atoms with Gasteiger partial charge in [0, 0.05) is 12.1 Å². The second kappa shape index (κ2) is 8.97. The molecule has 0 spiro atoms. The second-order valence-corrected chi connectivity index (χ2v) is 7.89. The van der Waals surface area contributed by atoms with Crippen LogP contribution in [0, 0.1) is 10.6 Å². The van der Waals surface area contributed by atoms with Crippen LogP contribution in [-0.4, -0.2) is 21.4 Å². The molecule has 0 aliphatic carbocycles. The standard InChI is InChI=1S/C23H15ClFN3O4S/c24-17-10-15(6-8-18(17)25)28-21(30)16-7-5-14(9-19(16)27-23(28)33)20(29)26-11-12-1-3-13(4-2-12)22(31)32/h1-10H,11H2,(H,26,29)(H,27,33)(H,31,32)/p-1. The molecule has 1 amide bonds. The Labute approximate surface area is 196 Å². The number of benzene rings is 3. The number of rotatable bonds is 5. The Morgan fingerprint density at radius 3 is 2.42 bits per heavy atom. The van der Waals surface area contributed by atoms with Crippen LogP contribution in [0.5, 0.6) is 0 Å². The highest BCUT2D eigenvalue weighted by Crippen LogP contribution is 2.19. The Balaban J connectivity index is 1.61. The van der Waals surface area contributed by atoms with E-state index in [2.05, 4.69) is 10.3 Å². The van der Waals surface area contributed by atoms with E-state index in [4.69, 9.17) is 23.8 Å². The van der Waals surface area contributed by atoms with Crippen LogP contribution in [-0.2, 0) is 6.54 Å². The van der Waals surface area contributed by atoms with E-state index in [-0.39, 0.29) is 27.3 Å². The van der Waals surface area contributed by atoms with Crippen molar-refractivity contribution in [2.45, 2.75) is 6.54 Å². The number of hydrogen-bond donors (Lipinski definition) is 2. The van der Waals surface area contributed by atoms with E-state index in [1.807, 2.05) is 0 Å². The molecule has 0 fully saturated rings. The van der Waals surface area contributed by atoms with Crippen molar-refractivity contribution in [1.29, 1.82) is 0 Å². The normalized spacial score (nSPS) is 10.8. The van der Waals surface area contributed by atoms with Crippen LogP contribution in [0.25, 0.3) is 16.6 Å². The third kappa shape index (κ3) is 4.55. The number of aromatic carboxylic acids is 1. The zero-order valence-corrected chi connectivity index (χ0v) is 18.3. The molecule has 0 unspecified atom stereocenters. The van der Waals surface area contributed by atoms with E-state index in [9.17, 15) is 23.9 Å². The lowest BCUT2D eigenvalue weighted by Crippen LogP contribution is -2.24. The van der Waals surface area contributed by atoms with Crippen LogP contribution in [0.4, 0.5) is 4.39 Å². The smallest absolute Gasteiger partial charge is 0.266 e. The first kappa shape index (κ1) is 22.4. The number of halogens is 2. The molecule has 33 heavy (non-hydrogen) atoms. The first-order valence-electron chi connectivity index (χ1n) is 9.57. The number of aromatic amines is 1. The molecule has 166 valence electrons. The fourth-order valence-corrected chi connectivity index (χ4v) is 3.73. The van der Waals surface area contributed by atoms with E-state index in [0.29, 0.717) is 22.3 Å². The Hall–Kier alpha value is -3.82. The third-order valence-corrected chi connectivity index (χ3v) is 5.54. The van der Waals surface area contributed by atoms with Gasteiger partial charge in [0.2, 0.25) is 0 Å². The highest BCUT2D eigenvalue weighted by atomic mass is 35.5. The van der Waals surface area contributed by atoms with Crippen molar-refractivity contribution < 1.29 is 19.1 Å². The first-order valence-corrected chi connectivity index (χ1v) is 10.4. The van der Waals surface area contributed by atoms with Crippen molar-refractivity contribution in [3.63, 3.8) is 0 Å². The summed E-state index contributed by atoms with van der Waals surface area (Å²) in [4.78, 5) is 39.3. The van der Waals surface area contributed by atoms with Gasteiger partial charge in [-0.25, -0.2) is 4.39 Å². The van der Waals surface area contributed by atoms with Gasteiger partial charge in [-0.3, -0.25) is 14.2 Å². The number of amides is 1. The van der Waals surface area contributed by atoms with Gasteiger partial charge in [-0.1, -0.05) is 35.9 Å². The van der Waals surface area contributed by atoms with Gasteiger partial charge in [0.1, 0.15) is 5.82 Å². The lowest BCUT2D eigenvalue weighted by Gasteiger charge is -2.10. The molecular weight excluding hydrogens is 469 g/mol. The van der Waals surface area contributed by atoms with Gasteiger partial charge in [0.05, 0.1) is 27.6 Å². The van der Waals surface area contributed by atoms with Crippen LogP contribution in [0.3, 0.4) is 0 Å². The summed E-state index contributed by atoms with van der Waals surface area (Å²) in [6.45, 7) is 0.174. The maximum Gasteiger partial charge on any atom is 0.266 e. The van der Waals surface area contributed by atoms with Crippen LogP contribution >= 0.6 is 23.8 Å². The lowest BCUT2D eigenvalue weighted by atomic mass is 10.1. The van der Waals surface area contributed by atoms with Crippen LogP contribution in [0.1, 0.15) is 26.3 Å². The summed E-state index contributed by atoms with van der Waals surface area (Å²) in [7, 11) is 0. The molecule has 7 nitrogen and oxygen atoms in total. The van der Waals surface area contributed by atoms with Gasteiger partial charge in [-0.05, 0) is 59.7 Å². The molecular formula is C23H14ClFN3O4S-. The predicted molar refractivity (Wildman–Crippen MR) is 122 cm³/mol. The van der Waals surface area contributed by atoms with Crippen LogP contribution in [0.15, 0.2) is 65.5 Å². The summed E-state index contributed by atoms with van der Waals surface area (Å²) < 4.78 is 14.7. The Morgan fingerprint density at radius 1 is 1.06 bits per heavy atom. The molecule has 4 rings (SSSR count). The van der Waals surface area contributed by atoms with E-state index < -0.39 is 23.3 Å². The van der Waals surface area contributed by atoms with E-state index >= 15 is 0 Å². The highest BCUT2D eigenvalue weighted by Gasteiger charge is 2.12. The number of carbonyl (C=O) groups is 2. The molecule has 1 aromatic heterocycles. The van der Waals surface area contributed by atoms with Crippen molar-refractivity contribution in [3.05, 3.63) is 103 Å². The van der Waals surface area contributed by atoms with E-state index in [1.165, 1.54) is 47.0 Å². The molecule has 10 heteroatoms. The SMILES string of the molecule is O=C([O-])c1ccc(CNC(=O)c2ccc3c(=O)n(-c4ccc(F)c(Cl)c4)c(=S)[nH]c3c2)cc1. The number of hydrogen-bond acceptors (Lipinski definition) is 5. The Bertz CT molecular complexity index is 1530. The summed E-state index contributed by atoms with van der Waals surface area (Å²) in [5.74, 6) is -2.29. The molecule has 3 aromatic carbocycles. The molecule has 0 bridgehead atoms. The first-order chi connectivity index (χ1) is 15.7. The topological polar surface area (TPSA) is 107 Å². The zero-order chi connectivity index (χ0) is 23.7. The fourth-order valence-electron chi connectivity index (χ4n) is 3.26. The molecule has 1 heterocycles. The number of nitrogens with one attached hydrogen (secondary N) is 2. The maximum atomic E-state index is 13.5. The molecule has 0 aliphatic heterocycles. The largest absolute Gasteiger partial charge is 0.545 e. The molecule has 2 N–H and O–H groups in total. The maximum absolute atomic E-state index is 13.5. The van der Waals surface area contributed by atoms with Crippen LogP contribution in [0.2, 0.25) is 5.02 Å². The minimum Gasteiger partial charge on any atom is -0.545 e. The molecule has 0 saturated heterocycles. The quantitative estimate of drug-likeness (QED) is 0.425. The number of carboxylic acid groups (broad SMARTS) is 1. The van der Waals surface area contributed by atoms with E-state index in [1.54, 1.807) is 12.1 Å². The van der Waals surface area contributed by atoms with Gasteiger partial charge in [0.15, 0.2) is 4.77 Å². The Morgan fingerprint density at radius 2 is 1.76 bits per heavy atom. The fraction of sp³-hybridized carbons (Fsp3) is 0.0435. The molecule has 0 atom stereocenters. The molecule has 4 aromatic rings. The molecule has 0 saturated carbocycles. The van der Waals surface area contributed by atoms with Gasteiger partial charge in [-0.2, -0.15) is 0 Å². The number of aromatic nitrogens is 2. The summed E-state index contributed by atoms with van der Waals surface area (Å²) >= 11 is 11.1. The van der Waals surface area contributed by atoms with E-state index in [0.717, 1.165) is 6.07 Å². The van der Waals surface area contributed by atoms with Crippen molar-refractivity contribution in [3.8, 4) is 5.69 Å². The van der Waals surface area contributed by atoms with Gasteiger partial charge in [-0.15, -0.1) is 0 Å². The average Bonchev–Trinajstić information content (AvgIpc) is 2.79. The molecule has 0 radical (unpaired) electrons. The number of carbonyl (C=O) groups excluding carboxylic acids is 2. The number of H-pyrrole nitrogens is 1. The molecule has 0 aliphatic rings. The zero-order valence-electron chi connectivity index (χ0n) is 16.7. The monoisotopic (exact) mass is 482 g/mol. The highest BCUT2D eigenvalue weighted by molar-refractivity contribution is 7.71. The average molecular weight is 483 g/mol. The third-order valence-electron chi connectivity index (χ3n) is 4.96. The van der Waals surface area contributed by atoms with Crippen molar-refractivity contribution in [1.82, 2.24) is 14.9 Å².